The molecule has 0 N–H and O–H groups in total. The molecule has 1 heterocycles. The Kier molecular flexibility index (Phi) is 2.93. The number of aryl methyl sites for hydroxylation is 1. The number of rotatable bonds is 3. The maximum absolute atomic E-state index is 12.8. The lowest BCUT2D eigenvalue weighted by molar-refractivity contribution is 0.0943. The van der Waals surface area contributed by atoms with E-state index in [0.717, 1.165) is 23.0 Å². The average molecular weight is 284 g/mol. The first-order valence-corrected chi connectivity index (χ1v) is 6.84. The van der Waals surface area contributed by atoms with Crippen LogP contribution in [0.1, 0.15) is 28.8 Å². The number of carbonyl (C=O) groups excluding carboxylic acids is 1. The number of hydrogen-bond acceptors (Lipinski definition) is 3. The molecule has 0 amide bonds. The Hall–Kier alpha value is -2.43. The van der Waals surface area contributed by atoms with Crippen LogP contribution in [-0.2, 0) is 19.5 Å². The average Bonchev–Trinajstić information content (AvgIpc) is 3.31. The predicted octanol–water partition coefficient (Wildman–Crippen LogP) is 0.998. The molecule has 5 nitrogen and oxygen atoms in total. The fourth-order valence-electron chi connectivity index (χ4n) is 2.75. The first-order chi connectivity index (χ1) is 9.97. The molecule has 108 valence electrons. The second-order valence-corrected chi connectivity index (χ2v) is 5.58. The topological polar surface area (TPSA) is 61.1 Å². The summed E-state index contributed by atoms with van der Waals surface area (Å²) in [5, 5.41) is 0. The van der Waals surface area contributed by atoms with Crippen molar-refractivity contribution in [2.24, 2.45) is 14.1 Å². The van der Waals surface area contributed by atoms with Gasteiger partial charge in [0.05, 0.1) is 5.41 Å². The summed E-state index contributed by atoms with van der Waals surface area (Å²) in [4.78, 5) is 36.8. The van der Waals surface area contributed by atoms with Gasteiger partial charge in [0.2, 0.25) is 0 Å². The van der Waals surface area contributed by atoms with Crippen molar-refractivity contribution < 1.29 is 4.79 Å². The molecular weight excluding hydrogens is 268 g/mol. The van der Waals surface area contributed by atoms with E-state index in [4.69, 9.17) is 0 Å². The van der Waals surface area contributed by atoms with Crippen molar-refractivity contribution in [3.8, 4) is 0 Å². The molecule has 0 saturated heterocycles. The standard InChI is InChI=1S/C16H16N2O3/c1-17-10-12(14(20)18(2)15(17)21)13(19)16(8-9-16)11-6-4-3-5-7-11/h3-7,10H,8-9H2,1-2H3. The molecule has 1 fully saturated rings. The highest BCUT2D eigenvalue weighted by Crippen LogP contribution is 2.50. The van der Waals surface area contributed by atoms with Crippen LogP contribution in [0.25, 0.3) is 0 Å². The number of ketones is 1. The fraction of sp³-hybridized carbons (Fsp3) is 0.312. The third kappa shape index (κ3) is 1.96. The van der Waals surface area contributed by atoms with Gasteiger partial charge in [0, 0.05) is 20.3 Å². The molecule has 5 heteroatoms. The maximum Gasteiger partial charge on any atom is 0.330 e. The predicted molar refractivity (Wildman–Crippen MR) is 78.6 cm³/mol. The monoisotopic (exact) mass is 284 g/mol. The number of nitrogens with zero attached hydrogens (tertiary/aromatic N) is 2. The lowest BCUT2D eigenvalue weighted by Gasteiger charge is -2.15. The highest BCUT2D eigenvalue weighted by molar-refractivity contribution is 6.05. The van der Waals surface area contributed by atoms with Gasteiger partial charge < -0.3 is 4.57 Å². The molecule has 1 aromatic heterocycles. The summed E-state index contributed by atoms with van der Waals surface area (Å²) in [5.74, 6) is -0.190. The van der Waals surface area contributed by atoms with E-state index in [0.29, 0.717) is 0 Å². The number of carbonyl (C=O) groups is 1. The highest BCUT2D eigenvalue weighted by atomic mass is 16.2. The zero-order valence-electron chi connectivity index (χ0n) is 12.0. The van der Waals surface area contributed by atoms with Crippen molar-refractivity contribution in [3.05, 3.63) is 68.5 Å². The van der Waals surface area contributed by atoms with E-state index < -0.39 is 16.7 Å². The molecule has 1 aromatic carbocycles. The van der Waals surface area contributed by atoms with E-state index in [1.807, 2.05) is 30.3 Å². The van der Waals surface area contributed by atoms with Crippen LogP contribution >= 0.6 is 0 Å². The van der Waals surface area contributed by atoms with Crippen molar-refractivity contribution in [2.75, 3.05) is 0 Å². The van der Waals surface area contributed by atoms with Crippen LogP contribution in [0.5, 0.6) is 0 Å². The van der Waals surface area contributed by atoms with Crippen molar-refractivity contribution in [2.45, 2.75) is 18.3 Å². The summed E-state index contributed by atoms with van der Waals surface area (Å²) >= 11 is 0. The number of benzene rings is 1. The largest absolute Gasteiger partial charge is 0.330 e. The van der Waals surface area contributed by atoms with Crippen molar-refractivity contribution in [3.63, 3.8) is 0 Å². The highest BCUT2D eigenvalue weighted by Gasteiger charge is 2.52. The summed E-state index contributed by atoms with van der Waals surface area (Å²) in [7, 11) is 2.93. The molecule has 0 atom stereocenters. The van der Waals surface area contributed by atoms with Crippen LogP contribution < -0.4 is 11.2 Å². The molecule has 0 unspecified atom stereocenters. The van der Waals surface area contributed by atoms with Gasteiger partial charge in [-0.05, 0) is 18.4 Å². The van der Waals surface area contributed by atoms with Gasteiger partial charge in [0.1, 0.15) is 5.56 Å². The van der Waals surface area contributed by atoms with Gasteiger partial charge in [-0.15, -0.1) is 0 Å². The van der Waals surface area contributed by atoms with Gasteiger partial charge in [0.15, 0.2) is 5.78 Å². The van der Waals surface area contributed by atoms with Gasteiger partial charge in [-0.2, -0.15) is 0 Å². The second-order valence-electron chi connectivity index (χ2n) is 5.58. The minimum atomic E-state index is -0.592. The van der Waals surface area contributed by atoms with Crippen LogP contribution in [-0.4, -0.2) is 14.9 Å². The van der Waals surface area contributed by atoms with Crippen molar-refractivity contribution in [1.29, 1.82) is 0 Å². The summed E-state index contributed by atoms with van der Waals surface area (Å²) in [6, 6.07) is 9.51. The Labute approximate surface area is 121 Å². The molecule has 0 bridgehead atoms. The lowest BCUT2D eigenvalue weighted by atomic mass is 9.88. The Morgan fingerprint density at radius 1 is 1.10 bits per heavy atom. The lowest BCUT2D eigenvalue weighted by Crippen LogP contribution is -2.41. The Morgan fingerprint density at radius 2 is 1.71 bits per heavy atom. The van der Waals surface area contributed by atoms with E-state index in [9.17, 15) is 14.4 Å². The summed E-state index contributed by atoms with van der Waals surface area (Å²) < 4.78 is 2.25. The van der Waals surface area contributed by atoms with Crippen LogP contribution in [0.4, 0.5) is 0 Å². The zero-order valence-corrected chi connectivity index (χ0v) is 12.0. The minimum absolute atomic E-state index is 0.0842. The van der Waals surface area contributed by atoms with E-state index in [1.165, 1.54) is 17.8 Å². The zero-order chi connectivity index (χ0) is 15.2. The van der Waals surface area contributed by atoms with Crippen molar-refractivity contribution in [1.82, 2.24) is 9.13 Å². The molecule has 1 aliphatic rings. The third-order valence-electron chi connectivity index (χ3n) is 4.20. The molecule has 2 aromatic rings. The molecule has 0 aliphatic heterocycles. The molecule has 0 spiro atoms. The van der Waals surface area contributed by atoms with Gasteiger partial charge in [0.25, 0.3) is 5.56 Å². The van der Waals surface area contributed by atoms with Gasteiger partial charge in [-0.25, -0.2) is 4.79 Å². The minimum Gasteiger partial charge on any atom is -0.303 e. The molecule has 3 rings (SSSR count). The van der Waals surface area contributed by atoms with Crippen LogP contribution in [0, 0.1) is 0 Å². The molecule has 0 radical (unpaired) electrons. The normalized spacial score (nSPS) is 15.7. The van der Waals surface area contributed by atoms with Gasteiger partial charge in [-0.1, -0.05) is 30.3 Å². The third-order valence-corrected chi connectivity index (χ3v) is 4.20. The number of aromatic nitrogens is 2. The van der Waals surface area contributed by atoms with Crippen LogP contribution in [0.2, 0.25) is 0 Å². The summed E-state index contributed by atoms with van der Waals surface area (Å²) in [5.41, 5.74) is -0.525. The summed E-state index contributed by atoms with van der Waals surface area (Å²) in [6.45, 7) is 0. The van der Waals surface area contributed by atoms with Crippen molar-refractivity contribution >= 4 is 5.78 Å². The summed E-state index contributed by atoms with van der Waals surface area (Å²) in [6.07, 6.45) is 2.83. The Balaban J connectivity index is 2.13. The smallest absolute Gasteiger partial charge is 0.303 e. The van der Waals surface area contributed by atoms with Gasteiger partial charge in [-0.3, -0.25) is 14.2 Å². The SMILES string of the molecule is Cn1cc(C(=O)C2(c3ccccc3)CC2)c(=O)n(C)c1=O. The molecule has 1 saturated carbocycles. The molecule has 21 heavy (non-hydrogen) atoms. The van der Waals surface area contributed by atoms with Gasteiger partial charge >= 0.3 is 5.69 Å². The quantitative estimate of drug-likeness (QED) is 0.790. The maximum atomic E-state index is 12.8. The fourth-order valence-corrected chi connectivity index (χ4v) is 2.75. The van der Waals surface area contributed by atoms with E-state index in [-0.39, 0.29) is 11.3 Å². The van der Waals surface area contributed by atoms with Crippen LogP contribution in [0.3, 0.4) is 0 Å². The van der Waals surface area contributed by atoms with E-state index in [2.05, 4.69) is 0 Å². The number of hydrogen-bond donors (Lipinski definition) is 0. The Bertz CT molecular complexity index is 827. The molecular formula is C16H16N2O3. The Morgan fingerprint density at radius 3 is 2.29 bits per heavy atom. The first kappa shape index (κ1) is 13.5. The van der Waals surface area contributed by atoms with Crippen LogP contribution in [0.15, 0.2) is 46.1 Å². The van der Waals surface area contributed by atoms with E-state index in [1.54, 1.807) is 7.05 Å². The molecule has 1 aliphatic carbocycles. The first-order valence-electron chi connectivity index (χ1n) is 6.84. The number of Topliss-reactive ketones (excluding diaryl/α,β-unsaturated/α-hetero) is 1. The second kappa shape index (κ2) is 4.55. The van der Waals surface area contributed by atoms with E-state index >= 15 is 0 Å².